The molecule has 7 heavy (non-hydrogen) atoms. The Balaban J connectivity index is 4.57. The normalized spacial score (nSPS) is 26.3. The summed E-state index contributed by atoms with van der Waals surface area (Å²) < 4.78 is 20.6. The van der Waals surface area contributed by atoms with E-state index < -0.39 is 16.1 Å². The lowest BCUT2D eigenvalue weighted by Crippen LogP contribution is -2.12. The molecule has 0 aliphatic rings. The van der Waals surface area contributed by atoms with Gasteiger partial charge in [0.15, 0.2) is 0 Å². The molecule has 42 valence electrons. The molecule has 0 bridgehead atoms. The van der Waals surface area contributed by atoms with Crippen molar-refractivity contribution >= 4 is 37.8 Å². The Morgan fingerprint density at radius 1 is 2.29 bits per heavy atom. The Labute approximate surface area is 62.4 Å². The molecule has 1 unspecified atom stereocenters. The van der Waals surface area contributed by atoms with Crippen molar-refractivity contribution in [2.75, 3.05) is 5.28 Å². The molecule has 1 atom stereocenters. The highest BCUT2D eigenvalue weighted by Gasteiger charge is 2.08. The maximum atomic E-state index is 10.2. The average Bonchev–Trinajstić information content (AvgIpc) is 1.62. The Morgan fingerprint density at radius 2 is 2.71 bits per heavy atom. The second-order valence-corrected chi connectivity index (χ2v) is 1.90. The topological polar surface area (TPSA) is 37.3 Å². The molecule has 0 aromatic carbocycles. The predicted octanol–water partition coefficient (Wildman–Crippen LogP) is 1.23. The standard InChI is InChI=1S/C3H4Br2O2/c4-1-2(5)3(6)7/h2H,1H2,(H,6,7)/i1D2,2D. The van der Waals surface area contributed by atoms with E-state index in [1.165, 1.54) is 0 Å². The molecule has 0 spiro atoms. The minimum atomic E-state index is -2.33. The Morgan fingerprint density at radius 3 is 2.71 bits per heavy atom. The monoisotopic (exact) mass is 233 g/mol. The third-order valence-corrected chi connectivity index (χ3v) is 1.74. The number of hydrogen-bond acceptors (Lipinski definition) is 1. The highest BCUT2D eigenvalue weighted by Crippen LogP contribution is 2.01. The summed E-state index contributed by atoms with van der Waals surface area (Å²) in [4.78, 5) is 7.83. The zero-order valence-corrected chi connectivity index (χ0v) is 6.28. The van der Waals surface area contributed by atoms with Crippen molar-refractivity contribution in [2.24, 2.45) is 0 Å². The first-order chi connectivity index (χ1) is 4.19. The van der Waals surface area contributed by atoms with E-state index in [0.717, 1.165) is 0 Å². The van der Waals surface area contributed by atoms with Crippen LogP contribution in [0.2, 0.25) is 0 Å². The van der Waals surface area contributed by atoms with E-state index in [4.69, 9.17) is 9.22 Å². The SMILES string of the molecule is [2H]C([2H])(Br)C([2H])(Br)C(=O)O. The molecule has 0 aliphatic carbocycles. The Kier molecular flexibility index (Phi) is 1.69. The number of alkyl halides is 2. The van der Waals surface area contributed by atoms with Gasteiger partial charge in [-0.15, -0.1) is 0 Å². The molecule has 0 saturated carbocycles. The molecule has 0 heterocycles. The molecule has 0 aromatic heterocycles. The maximum Gasteiger partial charge on any atom is 0.318 e. The largest absolute Gasteiger partial charge is 0.480 e. The van der Waals surface area contributed by atoms with Crippen molar-refractivity contribution in [3.05, 3.63) is 0 Å². The van der Waals surface area contributed by atoms with E-state index in [0.29, 0.717) is 0 Å². The molecule has 0 aromatic rings. The number of hydrogen-bond donors (Lipinski definition) is 1. The molecule has 0 fully saturated rings. The van der Waals surface area contributed by atoms with Gasteiger partial charge in [0.25, 0.3) is 0 Å². The number of carboxylic acids is 1. The van der Waals surface area contributed by atoms with Gasteiger partial charge in [-0.1, -0.05) is 31.9 Å². The van der Waals surface area contributed by atoms with Crippen molar-refractivity contribution < 1.29 is 14.0 Å². The molecule has 1 N–H and O–H groups in total. The fourth-order valence-corrected chi connectivity index (χ4v) is 0.210. The van der Waals surface area contributed by atoms with Crippen LogP contribution in [0.4, 0.5) is 0 Å². The van der Waals surface area contributed by atoms with Crippen molar-refractivity contribution in [3.63, 3.8) is 0 Å². The lowest BCUT2D eigenvalue weighted by Gasteiger charge is -1.93. The summed E-state index contributed by atoms with van der Waals surface area (Å²) in [7, 11) is 0. The van der Waals surface area contributed by atoms with Gasteiger partial charge in [0.2, 0.25) is 0 Å². The predicted molar refractivity (Wildman–Crippen MR) is 34.1 cm³/mol. The fourth-order valence-electron chi connectivity index (χ4n) is 0.0404. The molecular weight excluding hydrogens is 228 g/mol. The van der Waals surface area contributed by atoms with Gasteiger partial charge in [-0.25, -0.2) is 0 Å². The first-order valence-corrected chi connectivity index (χ1v) is 2.89. The fraction of sp³-hybridized carbons (Fsp3) is 0.667. The minimum Gasteiger partial charge on any atom is -0.480 e. The Hall–Kier alpha value is 0.430. The van der Waals surface area contributed by atoms with Crippen molar-refractivity contribution in [1.29, 1.82) is 0 Å². The molecule has 0 saturated heterocycles. The van der Waals surface area contributed by atoms with Crippen LogP contribution in [0.5, 0.6) is 0 Å². The van der Waals surface area contributed by atoms with Gasteiger partial charge < -0.3 is 5.11 Å². The maximum absolute atomic E-state index is 10.2. The van der Waals surface area contributed by atoms with Gasteiger partial charge in [-0.3, -0.25) is 4.79 Å². The van der Waals surface area contributed by atoms with Gasteiger partial charge in [0.05, 0.1) is 1.37 Å². The minimum absolute atomic E-state index is 1.57. The van der Waals surface area contributed by atoms with Crippen molar-refractivity contribution in [1.82, 2.24) is 0 Å². The van der Waals surface area contributed by atoms with E-state index in [9.17, 15) is 4.79 Å². The van der Waals surface area contributed by atoms with Crippen LogP contribution < -0.4 is 0 Å². The van der Waals surface area contributed by atoms with Crippen LogP contribution in [0.3, 0.4) is 0 Å². The molecule has 2 nitrogen and oxygen atoms in total. The molecule has 4 heteroatoms. The molecule has 0 amide bonds. The van der Waals surface area contributed by atoms with Gasteiger partial charge >= 0.3 is 5.97 Å². The summed E-state index contributed by atoms with van der Waals surface area (Å²) in [6, 6.07) is 0. The second kappa shape index (κ2) is 3.43. The number of rotatable bonds is 2. The molecule has 0 aliphatic heterocycles. The van der Waals surface area contributed by atoms with Crippen LogP contribution in [-0.4, -0.2) is 21.2 Å². The van der Waals surface area contributed by atoms with E-state index in [1.54, 1.807) is 0 Å². The van der Waals surface area contributed by atoms with Crippen LogP contribution in [-0.2, 0) is 4.79 Å². The lowest BCUT2D eigenvalue weighted by molar-refractivity contribution is -0.135. The van der Waals surface area contributed by atoms with Crippen LogP contribution in [0.25, 0.3) is 0 Å². The van der Waals surface area contributed by atoms with Crippen LogP contribution >= 0.6 is 31.9 Å². The summed E-state index contributed by atoms with van der Waals surface area (Å²) >= 11 is 4.83. The highest BCUT2D eigenvalue weighted by atomic mass is 79.9. The van der Waals surface area contributed by atoms with Crippen LogP contribution in [0.1, 0.15) is 4.11 Å². The van der Waals surface area contributed by atoms with Gasteiger partial charge in [-0.05, 0) is 0 Å². The van der Waals surface area contributed by atoms with E-state index >= 15 is 0 Å². The summed E-state index contributed by atoms with van der Waals surface area (Å²) in [5, 5.41) is 5.99. The molecule has 0 rings (SSSR count). The Bertz CT molecular complexity index is 152. The molecular formula is C3H4Br2O2. The van der Waals surface area contributed by atoms with E-state index in [-0.39, 0.29) is 0 Å². The quantitative estimate of drug-likeness (QED) is 0.730. The molecule has 0 radical (unpaired) electrons. The van der Waals surface area contributed by atoms with Gasteiger partial charge in [0.1, 0.15) is 4.80 Å². The number of halogens is 2. The van der Waals surface area contributed by atoms with Crippen molar-refractivity contribution in [2.45, 2.75) is 4.80 Å². The van der Waals surface area contributed by atoms with E-state index in [2.05, 4.69) is 31.9 Å². The number of carbonyl (C=O) groups is 1. The first-order valence-electron chi connectivity index (χ1n) is 2.81. The summed E-state index contributed by atoms with van der Waals surface area (Å²) in [6.07, 6.45) is 0. The number of carboxylic acid groups (broad SMARTS) is 1. The van der Waals surface area contributed by atoms with Gasteiger partial charge in [-0.2, -0.15) is 0 Å². The average molecular weight is 235 g/mol. The summed E-state index contributed by atoms with van der Waals surface area (Å²) in [5.41, 5.74) is 0. The first kappa shape index (κ1) is 3.45. The highest BCUT2D eigenvalue weighted by molar-refractivity contribution is 9.12. The smallest absolute Gasteiger partial charge is 0.318 e. The van der Waals surface area contributed by atoms with Crippen LogP contribution in [0, 0.1) is 0 Å². The number of aliphatic carboxylic acids is 1. The van der Waals surface area contributed by atoms with E-state index in [1.807, 2.05) is 0 Å². The zero-order valence-electron chi connectivity index (χ0n) is 6.11. The summed E-state index contributed by atoms with van der Waals surface area (Å²) in [6.45, 7) is 0. The van der Waals surface area contributed by atoms with Crippen molar-refractivity contribution in [3.8, 4) is 0 Å². The lowest BCUT2D eigenvalue weighted by atomic mass is 10.5. The van der Waals surface area contributed by atoms with Gasteiger partial charge in [0, 0.05) is 8.02 Å². The third-order valence-electron chi connectivity index (χ3n) is 0.271. The zero-order chi connectivity index (χ0) is 8.58. The third kappa shape index (κ3) is 3.05. The second-order valence-electron chi connectivity index (χ2n) is 0.714. The summed E-state index contributed by atoms with van der Waals surface area (Å²) in [5.74, 6) is -1.57. The van der Waals surface area contributed by atoms with Crippen LogP contribution in [0.15, 0.2) is 0 Å².